The van der Waals surface area contributed by atoms with Crippen molar-refractivity contribution in [1.82, 2.24) is 0 Å². The molecule has 3 heteroatoms. The lowest BCUT2D eigenvalue weighted by molar-refractivity contribution is 0.339. The molecule has 1 rings (SSSR count). The first-order chi connectivity index (χ1) is 5.88. The summed E-state index contributed by atoms with van der Waals surface area (Å²) in [4.78, 5) is 0. The molecule has 1 aromatic rings. The molecular weight excluding hydrogens is 154 g/mol. The van der Waals surface area contributed by atoms with Gasteiger partial charge in [-0.2, -0.15) is 0 Å². The summed E-state index contributed by atoms with van der Waals surface area (Å²) in [6.45, 7) is 2.45. The molecule has 0 aliphatic heterocycles. The third-order valence-corrected chi connectivity index (χ3v) is 1.35. The minimum absolute atomic E-state index is 0.567. The molecule has 62 valence electrons. The van der Waals surface area contributed by atoms with Crippen molar-refractivity contribution >= 4 is 0 Å². The quantitative estimate of drug-likeness (QED) is 0.627. The van der Waals surface area contributed by atoms with Gasteiger partial charge in [-0.15, -0.1) is 0 Å². The molecule has 0 fully saturated rings. The van der Waals surface area contributed by atoms with Crippen molar-refractivity contribution in [1.29, 1.82) is 0 Å². The molecule has 0 bridgehead atoms. The highest BCUT2D eigenvalue weighted by Crippen LogP contribution is 2.16. The topological polar surface area (TPSA) is 36.6 Å². The number of nitrogens with zero attached hydrogens (tertiary/aromatic N) is 1. The molecule has 0 saturated heterocycles. The van der Waals surface area contributed by atoms with E-state index in [1.165, 1.54) is 0 Å². The predicted octanol–water partition coefficient (Wildman–Crippen LogP) is 2.26. The van der Waals surface area contributed by atoms with Crippen LogP contribution in [0.5, 0.6) is 5.75 Å². The average molecular weight is 163 g/mol. The van der Waals surface area contributed by atoms with Crippen LogP contribution in [0.3, 0.4) is 0 Å². The number of para-hydroxylation sites is 1. The lowest BCUT2D eigenvalue weighted by atomic mass is 10.2. The molecule has 1 aromatic carbocycles. The van der Waals surface area contributed by atoms with Crippen LogP contribution in [0.15, 0.2) is 24.3 Å². The molecule has 0 aliphatic carbocycles. The Morgan fingerprint density at radius 1 is 1.50 bits per heavy atom. The molecule has 0 unspecified atom stereocenters. The van der Waals surface area contributed by atoms with E-state index in [2.05, 4.69) is 11.1 Å². The summed E-state index contributed by atoms with van der Waals surface area (Å²) < 4.78 is 5.23. The van der Waals surface area contributed by atoms with Crippen LogP contribution < -0.4 is 4.74 Å². The average Bonchev–Trinajstić information content (AvgIpc) is 2.09. The lowest BCUT2D eigenvalue weighted by Crippen LogP contribution is -1.93. The van der Waals surface area contributed by atoms with Gasteiger partial charge in [-0.05, 0) is 19.1 Å². The van der Waals surface area contributed by atoms with Gasteiger partial charge >= 0.3 is 6.07 Å². The molecule has 12 heavy (non-hydrogen) atoms. The fourth-order valence-electron chi connectivity index (χ4n) is 0.890. The largest absolute Gasteiger partial charge is 0.498 e. The van der Waals surface area contributed by atoms with Crippen LogP contribution in [-0.2, 0) is 0 Å². The molecule has 0 spiro atoms. The molecule has 0 N–H and O–H groups in total. The van der Waals surface area contributed by atoms with Gasteiger partial charge in [-0.25, -0.2) is 0 Å². The van der Waals surface area contributed by atoms with Crippen molar-refractivity contribution in [2.45, 2.75) is 6.92 Å². The molecule has 0 heterocycles. The summed E-state index contributed by atoms with van der Waals surface area (Å²) in [6, 6.07) is 9.44. The van der Waals surface area contributed by atoms with E-state index in [0.717, 1.165) is 0 Å². The normalized spacial score (nSPS) is 8.42. The molecule has 0 atom stereocenters. The Bertz CT molecular complexity index is 312. The van der Waals surface area contributed by atoms with E-state index in [9.17, 15) is 5.21 Å². The Hall–Kier alpha value is -1.69. The van der Waals surface area contributed by atoms with Crippen LogP contribution in [0.2, 0.25) is 0 Å². The van der Waals surface area contributed by atoms with Crippen molar-refractivity contribution in [3.63, 3.8) is 0 Å². The third kappa shape index (κ3) is 1.89. The highest BCUT2D eigenvalue weighted by molar-refractivity contribution is 5.44. The Balaban J connectivity index is 2.97. The van der Waals surface area contributed by atoms with E-state index in [1.54, 1.807) is 18.2 Å². The highest BCUT2D eigenvalue weighted by Gasteiger charge is 2.02. The zero-order valence-corrected chi connectivity index (χ0v) is 6.78. The second kappa shape index (κ2) is 4.24. The first-order valence-electron chi connectivity index (χ1n) is 3.68. The summed E-state index contributed by atoms with van der Waals surface area (Å²) in [5.74, 6) is 0.639. The first kappa shape index (κ1) is 8.41. The molecule has 0 aliphatic rings. The monoisotopic (exact) mass is 163 g/mol. The molecule has 3 nitrogen and oxygen atoms in total. The smallest absolute Gasteiger partial charge is 0.340 e. The van der Waals surface area contributed by atoms with Crippen LogP contribution >= 0.6 is 0 Å². The highest BCUT2D eigenvalue weighted by atomic mass is 16.5. The van der Waals surface area contributed by atoms with Gasteiger partial charge in [0.1, 0.15) is 11.3 Å². The third-order valence-electron chi connectivity index (χ3n) is 1.35. The SMILES string of the molecule is CCOc1ccccc1C#[N+][O-]. The summed E-state index contributed by atoms with van der Waals surface area (Å²) in [6.07, 6.45) is 0. The van der Waals surface area contributed by atoms with Gasteiger partial charge in [-0.3, -0.25) is 0 Å². The van der Waals surface area contributed by atoms with E-state index in [-0.39, 0.29) is 0 Å². The molecule has 0 aromatic heterocycles. The van der Waals surface area contributed by atoms with E-state index < -0.39 is 0 Å². The second-order valence-electron chi connectivity index (χ2n) is 2.13. The van der Waals surface area contributed by atoms with E-state index in [1.807, 2.05) is 13.0 Å². The van der Waals surface area contributed by atoms with Crippen molar-refractivity contribution in [3.05, 3.63) is 40.0 Å². The summed E-state index contributed by atoms with van der Waals surface area (Å²) in [5.41, 5.74) is 0.592. The first-order valence-corrected chi connectivity index (χ1v) is 3.68. The second-order valence-corrected chi connectivity index (χ2v) is 2.13. The number of hydrogen-bond donors (Lipinski definition) is 0. The molecular formula is C9H9NO2. The van der Waals surface area contributed by atoms with Crippen molar-refractivity contribution < 1.29 is 4.74 Å². The molecule has 0 amide bonds. The van der Waals surface area contributed by atoms with Gasteiger partial charge in [0, 0.05) is 5.01 Å². The Morgan fingerprint density at radius 2 is 2.25 bits per heavy atom. The van der Waals surface area contributed by atoms with Crippen LogP contribution in [0.25, 0.3) is 5.01 Å². The minimum atomic E-state index is 0.567. The van der Waals surface area contributed by atoms with Crippen LogP contribution in [0.1, 0.15) is 12.5 Å². The Morgan fingerprint density at radius 3 is 2.92 bits per heavy atom. The standard InChI is InChI=1S/C9H9NO2/c1-2-12-9-6-4-3-5-8(9)7-10-11/h3-6H,2H2,1H3. The van der Waals surface area contributed by atoms with E-state index in [0.29, 0.717) is 17.9 Å². The minimum Gasteiger partial charge on any atom is -0.498 e. The van der Waals surface area contributed by atoms with Crippen LogP contribution in [-0.4, -0.2) is 6.61 Å². The number of benzene rings is 1. The van der Waals surface area contributed by atoms with Crippen molar-refractivity contribution in [2.75, 3.05) is 6.61 Å². The van der Waals surface area contributed by atoms with E-state index in [4.69, 9.17) is 4.74 Å². The Labute approximate surface area is 71.0 Å². The summed E-state index contributed by atoms with van der Waals surface area (Å²) in [7, 11) is 0. The number of hydrogen-bond acceptors (Lipinski definition) is 2. The maximum atomic E-state index is 9.91. The fourth-order valence-corrected chi connectivity index (χ4v) is 0.890. The zero-order valence-electron chi connectivity index (χ0n) is 6.78. The van der Waals surface area contributed by atoms with Gasteiger partial charge in [0.15, 0.2) is 0 Å². The number of ether oxygens (including phenoxy) is 1. The maximum absolute atomic E-state index is 9.91. The molecule has 0 radical (unpaired) electrons. The molecule has 0 saturated carbocycles. The van der Waals surface area contributed by atoms with Crippen LogP contribution in [0.4, 0.5) is 0 Å². The fraction of sp³-hybridized carbons (Fsp3) is 0.222. The van der Waals surface area contributed by atoms with E-state index >= 15 is 0 Å². The Kier molecular flexibility index (Phi) is 2.97. The predicted molar refractivity (Wildman–Crippen MR) is 47.3 cm³/mol. The van der Waals surface area contributed by atoms with Gasteiger partial charge in [-0.1, -0.05) is 12.1 Å². The zero-order chi connectivity index (χ0) is 8.81. The van der Waals surface area contributed by atoms with Crippen molar-refractivity contribution in [3.8, 4) is 11.8 Å². The summed E-state index contributed by atoms with van der Waals surface area (Å²) in [5, 5.41) is 12.5. The number of rotatable bonds is 2. The van der Waals surface area contributed by atoms with Crippen LogP contribution in [0, 0.1) is 11.3 Å². The lowest BCUT2D eigenvalue weighted by Gasteiger charge is -2.01. The summed E-state index contributed by atoms with van der Waals surface area (Å²) >= 11 is 0. The van der Waals surface area contributed by atoms with Crippen molar-refractivity contribution in [2.24, 2.45) is 0 Å². The van der Waals surface area contributed by atoms with Gasteiger partial charge in [0.2, 0.25) is 0 Å². The van der Waals surface area contributed by atoms with Gasteiger partial charge in [0.25, 0.3) is 0 Å². The van der Waals surface area contributed by atoms with Gasteiger partial charge in [0.05, 0.1) is 6.61 Å². The maximum Gasteiger partial charge on any atom is 0.340 e. The van der Waals surface area contributed by atoms with Gasteiger partial charge < -0.3 is 9.94 Å².